The van der Waals surface area contributed by atoms with Crippen LogP contribution < -0.4 is 10.5 Å². The number of ether oxygens (including phenoxy) is 2. The molecule has 108 valence electrons. The van der Waals surface area contributed by atoms with Crippen molar-refractivity contribution in [1.82, 2.24) is 9.88 Å². The summed E-state index contributed by atoms with van der Waals surface area (Å²) in [5.74, 6) is 0.921. The second-order valence-corrected chi connectivity index (χ2v) is 4.60. The van der Waals surface area contributed by atoms with Gasteiger partial charge in [0.25, 0.3) is 0 Å². The molecule has 0 atom stereocenters. The monoisotopic (exact) mass is 267 g/mol. The standard InChI is InChI=1S/C14H25N3O2/c1-11-9-16-13(12(2)14(11)19-4)10-17(6-5-15)7-8-18-3/h9H,5-8,10,15H2,1-4H3. The van der Waals surface area contributed by atoms with Crippen molar-refractivity contribution in [3.8, 4) is 5.75 Å². The Morgan fingerprint density at radius 3 is 2.58 bits per heavy atom. The van der Waals surface area contributed by atoms with Crippen LogP contribution in [0.25, 0.3) is 0 Å². The Balaban J connectivity index is 2.83. The fourth-order valence-electron chi connectivity index (χ4n) is 2.12. The minimum atomic E-state index is 0.631. The summed E-state index contributed by atoms with van der Waals surface area (Å²) in [4.78, 5) is 6.76. The molecule has 0 aromatic carbocycles. The zero-order valence-corrected chi connectivity index (χ0v) is 12.4. The number of aromatic nitrogens is 1. The fourth-order valence-corrected chi connectivity index (χ4v) is 2.12. The van der Waals surface area contributed by atoms with E-state index in [2.05, 4.69) is 9.88 Å². The molecule has 1 rings (SSSR count). The Morgan fingerprint density at radius 1 is 1.26 bits per heavy atom. The molecule has 0 aliphatic carbocycles. The third-order valence-electron chi connectivity index (χ3n) is 3.18. The van der Waals surface area contributed by atoms with E-state index in [1.165, 1.54) is 0 Å². The van der Waals surface area contributed by atoms with Crippen LogP contribution in [0.5, 0.6) is 5.75 Å². The smallest absolute Gasteiger partial charge is 0.128 e. The van der Waals surface area contributed by atoms with Crippen molar-refractivity contribution < 1.29 is 9.47 Å². The average molecular weight is 267 g/mol. The zero-order chi connectivity index (χ0) is 14.3. The summed E-state index contributed by atoms with van der Waals surface area (Å²) in [6, 6.07) is 0. The van der Waals surface area contributed by atoms with E-state index in [1.54, 1.807) is 14.2 Å². The van der Waals surface area contributed by atoms with Crippen molar-refractivity contribution in [2.24, 2.45) is 5.73 Å². The Bertz CT molecular complexity index is 397. The molecule has 5 heteroatoms. The highest BCUT2D eigenvalue weighted by Gasteiger charge is 2.12. The van der Waals surface area contributed by atoms with E-state index in [9.17, 15) is 0 Å². The van der Waals surface area contributed by atoms with Gasteiger partial charge < -0.3 is 15.2 Å². The molecule has 0 saturated carbocycles. The van der Waals surface area contributed by atoms with Gasteiger partial charge in [0.2, 0.25) is 0 Å². The summed E-state index contributed by atoms with van der Waals surface area (Å²) in [5, 5.41) is 0. The number of hydrogen-bond acceptors (Lipinski definition) is 5. The van der Waals surface area contributed by atoms with Crippen molar-refractivity contribution in [3.05, 3.63) is 23.0 Å². The fraction of sp³-hybridized carbons (Fsp3) is 0.643. The molecule has 2 N–H and O–H groups in total. The molecule has 1 heterocycles. The third kappa shape index (κ3) is 4.45. The van der Waals surface area contributed by atoms with Crippen LogP contribution >= 0.6 is 0 Å². The molecule has 0 saturated heterocycles. The minimum absolute atomic E-state index is 0.631. The second-order valence-electron chi connectivity index (χ2n) is 4.60. The molecular formula is C14H25N3O2. The quantitative estimate of drug-likeness (QED) is 0.764. The van der Waals surface area contributed by atoms with Gasteiger partial charge in [0.05, 0.1) is 19.4 Å². The van der Waals surface area contributed by atoms with Crippen LogP contribution in [0.4, 0.5) is 0 Å². The van der Waals surface area contributed by atoms with Crippen LogP contribution in [0, 0.1) is 13.8 Å². The van der Waals surface area contributed by atoms with E-state index >= 15 is 0 Å². The lowest BCUT2D eigenvalue weighted by Crippen LogP contribution is -2.32. The third-order valence-corrected chi connectivity index (χ3v) is 3.18. The molecule has 5 nitrogen and oxygen atoms in total. The van der Waals surface area contributed by atoms with Crippen molar-refractivity contribution in [2.75, 3.05) is 40.5 Å². The van der Waals surface area contributed by atoms with Crippen LogP contribution in [0.2, 0.25) is 0 Å². The zero-order valence-electron chi connectivity index (χ0n) is 12.4. The van der Waals surface area contributed by atoms with Gasteiger partial charge in [-0.05, 0) is 13.8 Å². The molecule has 0 spiro atoms. The average Bonchev–Trinajstić information content (AvgIpc) is 2.40. The number of hydrogen-bond donors (Lipinski definition) is 1. The highest BCUT2D eigenvalue weighted by molar-refractivity contribution is 5.40. The summed E-state index contributed by atoms with van der Waals surface area (Å²) in [6.45, 7) is 7.83. The van der Waals surface area contributed by atoms with E-state index in [0.717, 1.165) is 42.2 Å². The number of pyridine rings is 1. The summed E-state index contributed by atoms with van der Waals surface area (Å²) in [6.07, 6.45) is 1.86. The minimum Gasteiger partial charge on any atom is -0.496 e. The molecule has 0 amide bonds. The summed E-state index contributed by atoms with van der Waals surface area (Å²) >= 11 is 0. The molecule has 0 bridgehead atoms. The van der Waals surface area contributed by atoms with Crippen molar-refractivity contribution in [3.63, 3.8) is 0 Å². The number of nitrogens with zero attached hydrogens (tertiary/aromatic N) is 2. The topological polar surface area (TPSA) is 60.6 Å². The largest absolute Gasteiger partial charge is 0.496 e. The lowest BCUT2D eigenvalue weighted by molar-refractivity contribution is 0.145. The van der Waals surface area contributed by atoms with Crippen LogP contribution in [-0.4, -0.2) is 50.3 Å². The van der Waals surface area contributed by atoms with E-state index in [0.29, 0.717) is 13.2 Å². The second kappa shape index (κ2) is 8.09. The van der Waals surface area contributed by atoms with Crippen LogP contribution in [0.15, 0.2) is 6.20 Å². The molecule has 1 aromatic heterocycles. The van der Waals surface area contributed by atoms with E-state index in [-0.39, 0.29) is 0 Å². The maximum atomic E-state index is 5.65. The van der Waals surface area contributed by atoms with Gasteiger partial charge in [-0.15, -0.1) is 0 Å². The van der Waals surface area contributed by atoms with Gasteiger partial charge >= 0.3 is 0 Å². The van der Waals surface area contributed by atoms with Gasteiger partial charge in [-0.3, -0.25) is 9.88 Å². The number of nitrogens with two attached hydrogens (primary N) is 1. The molecule has 1 aromatic rings. The maximum absolute atomic E-state index is 5.65. The first kappa shape index (κ1) is 15.9. The number of rotatable bonds is 8. The molecule has 19 heavy (non-hydrogen) atoms. The van der Waals surface area contributed by atoms with Gasteiger partial charge in [0.15, 0.2) is 0 Å². The Labute approximate surface area is 115 Å². The summed E-state index contributed by atoms with van der Waals surface area (Å²) in [7, 11) is 3.40. The molecule has 0 radical (unpaired) electrons. The maximum Gasteiger partial charge on any atom is 0.128 e. The van der Waals surface area contributed by atoms with E-state index in [1.807, 2.05) is 20.0 Å². The van der Waals surface area contributed by atoms with Crippen LogP contribution in [-0.2, 0) is 11.3 Å². The van der Waals surface area contributed by atoms with Gasteiger partial charge in [-0.25, -0.2) is 0 Å². The predicted molar refractivity (Wildman–Crippen MR) is 76.5 cm³/mol. The van der Waals surface area contributed by atoms with Crippen molar-refractivity contribution in [2.45, 2.75) is 20.4 Å². The first-order valence-electron chi connectivity index (χ1n) is 6.54. The first-order valence-corrected chi connectivity index (χ1v) is 6.54. The molecule has 0 unspecified atom stereocenters. The van der Waals surface area contributed by atoms with E-state index in [4.69, 9.17) is 15.2 Å². The molecule has 0 aliphatic rings. The van der Waals surface area contributed by atoms with Crippen LogP contribution in [0.1, 0.15) is 16.8 Å². The van der Waals surface area contributed by atoms with Gasteiger partial charge in [-0.2, -0.15) is 0 Å². The molecule has 0 fully saturated rings. The lowest BCUT2D eigenvalue weighted by atomic mass is 10.1. The van der Waals surface area contributed by atoms with Gasteiger partial charge in [0.1, 0.15) is 5.75 Å². The van der Waals surface area contributed by atoms with Crippen molar-refractivity contribution >= 4 is 0 Å². The highest BCUT2D eigenvalue weighted by atomic mass is 16.5. The van der Waals surface area contributed by atoms with E-state index < -0.39 is 0 Å². The van der Waals surface area contributed by atoms with Gasteiger partial charge in [0, 0.05) is 50.6 Å². The van der Waals surface area contributed by atoms with Crippen LogP contribution in [0.3, 0.4) is 0 Å². The summed E-state index contributed by atoms with van der Waals surface area (Å²) in [5.41, 5.74) is 8.84. The number of aryl methyl sites for hydroxylation is 1. The first-order chi connectivity index (χ1) is 9.13. The molecule has 0 aliphatic heterocycles. The normalized spacial score (nSPS) is 11.1. The SMILES string of the molecule is COCCN(CCN)Cc1ncc(C)c(OC)c1C. The summed E-state index contributed by atoms with van der Waals surface area (Å²) < 4.78 is 10.6. The molecular weight excluding hydrogens is 242 g/mol. The Kier molecular flexibility index (Phi) is 6.77. The van der Waals surface area contributed by atoms with Gasteiger partial charge in [-0.1, -0.05) is 0 Å². The highest BCUT2D eigenvalue weighted by Crippen LogP contribution is 2.24. The Morgan fingerprint density at radius 2 is 2.00 bits per heavy atom. The Hall–Kier alpha value is -1.17. The number of methoxy groups -OCH3 is 2. The predicted octanol–water partition coefficient (Wildman–Crippen LogP) is 1.11. The lowest BCUT2D eigenvalue weighted by Gasteiger charge is -2.22. The van der Waals surface area contributed by atoms with Crippen molar-refractivity contribution in [1.29, 1.82) is 0 Å².